The number of fused-ring (bicyclic) bond motifs is 2. The van der Waals surface area contributed by atoms with E-state index in [-0.39, 0.29) is 21.7 Å². The first-order valence-electron chi connectivity index (χ1n) is 22.4. The molecule has 2 heterocycles. The van der Waals surface area contributed by atoms with Crippen molar-refractivity contribution in [1.82, 2.24) is 9.97 Å². The van der Waals surface area contributed by atoms with Crippen LogP contribution in [-0.2, 0) is 21.7 Å². The van der Waals surface area contributed by atoms with Gasteiger partial charge in [-0.1, -0.05) is 156 Å². The fourth-order valence-electron chi connectivity index (χ4n) is 8.63. The molecule has 0 amide bonds. The Kier molecular flexibility index (Phi) is 10.7. The molecular weight excluding hydrogens is 749 g/mol. The quantitative estimate of drug-likeness (QED) is 0.173. The van der Waals surface area contributed by atoms with E-state index < -0.39 is 0 Å². The first-order valence-corrected chi connectivity index (χ1v) is 22.4. The monoisotopic (exact) mass is 813 g/mol. The Hall–Kier alpha value is -5.86. The highest BCUT2D eigenvalue weighted by Crippen LogP contribution is 2.42. The average molecular weight is 813 g/mol. The number of aryl methyl sites for hydroxylation is 2. The second-order valence-electron chi connectivity index (χ2n) is 21.8. The van der Waals surface area contributed by atoms with Gasteiger partial charge in [-0.2, -0.15) is 0 Å². The summed E-state index contributed by atoms with van der Waals surface area (Å²) in [6.07, 6.45) is 0. The molecule has 8 aromatic rings. The molecule has 0 radical (unpaired) electrons. The Labute approximate surface area is 371 Å². The molecule has 2 heteroatoms. The average Bonchev–Trinajstić information content (AvgIpc) is 3.22. The van der Waals surface area contributed by atoms with Gasteiger partial charge in [-0.3, -0.25) is 0 Å². The molecule has 0 saturated heterocycles. The van der Waals surface area contributed by atoms with Gasteiger partial charge < -0.3 is 0 Å². The zero-order valence-electron chi connectivity index (χ0n) is 39.6. The van der Waals surface area contributed by atoms with Crippen molar-refractivity contribution in [3.63, 3.8) is 0 Å². The zero-order valence-corrected chi connectivity index (χ0v) is 39.6. The van der Waals surface area contributed by atoms with Crippen molar-refractivity contribution >= 4 is 21.8 Å². The van der Waals surface area contributed by atoms with E-state index in [0.717, 1.165) is 55.4 Å². The summed E-state index contributed by atoms with van der Waals surface area (Å²) >= 11 is 0. The number of hydrogen-bond donors (Lipinski definition) is 0. The maximum Gasteiger partial charge on any atom is 0.0745 e. The van der Waals surface area contributed by atoms with E-state index in [4.69, 9.17) is 9.97 Å². The van der Waals surface area contributed by atoms with Crippen LogP contribution in [0.15, 0.2) is 133 Å². The number of pyridine rings is 2. The van der Waals surface area contributed by atoms with Crippen molar-refractivity contribution in [2.45, 2.75) is 119 Å². The standard InChI is InChI=1S/C60H64N2/c1-37-25-41(31-51-49(39-21-17-15-18-22-39)35-53(61-55(37)51)43-27-45(57(3,4)5)33-46(28-43)58(6,7)8)42-26-38(2)56-52(32-42)50(40-23-19-16-20-24-40)36-54(62-56)44-29-47(59(9,10)11)34-48(30-44)60(12,13)14/h15-36H,1-14H3. The van der Waals surface area contributed by atoms with E-state index in [1.807, 2.05) is 0 Å². The molecule has 0 fully saturated rings. The SMILES string of the molecule is Cc1cc(-c2cc(C)c3nc(-c4cc(C(C)(C)C)cc(C(C)(C)C)c4)cc(-c4ccccc4)c3c2)cc2c(-c3ccccc3)cc(-c3cc(C(C)(C)C)cc(C(C)(C)C)c3)nc12. The van der Waals surface area contributed by atoms with Gasteiger partial charge in [0.1, 0.15) is 0 Å². The predicted octanol–water partition coefficient (Wildman–Crippen LogP) is 16.9. The lowest BCUT2D eigenvalue weighted by molar-refractivity contribution is 0.568. The highest BCUT2D eigenvalue weighted by molar-refractivity contribution is 6.03. The van der Waals surface area contributed by atoms with Gasteiger partial charge in [0.05, 0.1) is 22.4 Å². The van der Waals surface area contributed by atoms with Crippen molar-refractivity contribution in [1.29, 1.82) is 0 Å². The number of benzene rings is 6. The van der Waals surface area contributed by atoms with Crippen molar-refractivity contribution in [3.8, 4) is 55.9 Å². The number of aromatic nitrogens is 2. The molecule has 0 unspecified atom stereocenters. The van der Waals surface area contributed by atoms with Crippen LogP contribution in [0.2, 0.25) is 0 Å². The molecule has 0 atom stereocenters. The summed E-state index contributed by atoms with van der Waals surface area (Å²) < 4.78 is 0. The smallest absolute Gasteiger partial charge is 0.0745 e. The second kappa shape index (κ2) is 15.5. The molecule has 0 N–H and O–H groups in total. The van der Waals surface area contributed by atoms with Crippen LogP contribution in [0.5, 0.6) is 0 Å². The van der Waals surface area contributed by atoms with Gasteiger partial charge in [-0.25, -0.2) is 9.97 Å². The second-order valence-corrected chi connectivity index (χ2v) is 21.8. The van der Waals surface area contributed by atoms with Crippen LogP contribution in [0, 0.1) is 13.8 Å². The third-order valence-corrected chi connectivity index (χ3v) is 12.6. The Morgan fingerprint density at radius 1 is 0.306 bits per heavy atom. The van der Waals surface area contributed by atoms with E-state index in [1.54, 1.807) is 0 Å². The summed E-state index contributed by atoms with van der Waals surface area (Å²) in [4.78, 5) is 11.0. The molecule has 2 aromatic heterocycles. The van der Waals surface area contributed by atoms with Crippen molar-refractivity contribution in [2.24, 2.45) is 0 Å². The maximum absolute atomic E-state index is 5.50. The van der Waals surface area contributed by atoms with Gasteiger partial charge >= 0.3 is 0 Å². The van der Waals surface area contributed by atoms with Crippen molar-refractivity contribution in [3.05, 3.63) is 167 Å². The molecule has 2 nitrogen and oxygen atoms in total. The molecule has 6 aromatic carbocycles. The topological polar surface area (TPSA) is 25.8 Å². The molecule has 62 heavy (non-hydrogen) atoms. The fraction of sp³-hybridized carbons (Fsp3) is 0.300. The minimum Gasteiger partial charge on any atom is -0.247 e. The number of nitrogens with zero attached hydrogens (tertiary/aromatic N) is 2. The summed E-state index contributed by atoms with van der Waals surface area (Å²) in [5, 5.41) is 2.31. The van der Waals surface area contributed by atoms with Crippen molar-refractivity contribution < 1.29 is 0 Å². The first-order chi connectivity index (χ1) is 29.0. The Balaban J connectivity index is 1.35. The van der Waals surface area contributed by atoms with E-state index in [0.29, 0.717) is 0 Å². The van der Waals surface area contributed by atoms with E-state index in [2.05, 4.69) is 230 Å². The lowest BCUT2D eigenvalue weighted by Gasteiger charge is -2.26. The van der Waals surface area contributed by atoms with E-state index in [1.165, 1.54) is 55.6 Å². The Morgan fingerprint density at radius 3 is 0.903 bits per heavy atom. The van der Waals surface area contributed by atoms with Gasteiger partial charge in [0, 0.05) is 21.9 Å². The summed E-state index contributed by atoms with van der Waals surface area (Å²) in [6.45, 7) is 32.0. The van der Waals surface area contributed by atoms with Crippen LogP contribution in [0.4, 0.5) is 0 Å². The van der Waals surface area contributed by atoms with Crippen LogP contribution >= 0.6 is 0 Å². The highest BCUT2D eigenvalue weighted by atomic mass is 14.7. The third kappa shape index (κ3) is 8.50. The summed E-state index contributed by atoms with van der Waals surface area (Å²) in [7, 11) is 0. The van der Waals surface area contributed by atoms with E-state index >= 15 is 0 Å². The maximum atomic E-state index is 5.50. The van der Waals surface area contributed by atoms with E-state index in [9.17, 15) is 0 Å². The lowest BCUT2D eigenvalue weighted by Crippen LogP contribution is -2.16. The molecule has 0 aliphatic rings. The number of rotatable bonds is 5. The van der Waals surface area contributed by atoms with Crippen molar-refractivity contribution in [2.75, 3.05) is 0 Å². The van der Waals surface area contributed by atoms with Gasteiger partial charge in [-0.15, -0.1) is 0 Å². The molecule has 0 bridgehead atoms. The molecule has 0 spiro atoms. The van der Waals surface area contributed by atoms with Gasteiger partial charge in [0.25, 0.3) is 0 Å². The molecule has 314 valence electrons. The van der Waals surface area contributed by atoms with Gasteiger partial charge in [0.15, 0.2) is 0 Å². The van der Waals surface area contributed by atoms with Gasteiger partial charge in [-0.05, 0) is 163 Å². The third-order valence-electron chi connectivity index (χ3n) is 12.6. The zero-order chi connectivity index (χ0) is 44.5. The fourth-order valence-corrected chi connectivity index (χ4v) is 8.63. The molecule has 8 rings (SSSR count). The predicted molar refractivity (Wildman–Crippen MR) is 268 cm³/mol. The highest BCUT2D eigenvalue weighted by Gasteiger charge is 2.25. The van der Waals surface area contributed by atoms with Gasteiger partial charge in [0.2, 0.25) is 0 Å². The minimum absolute atomic E-state index is 0.00249. The van der Waals surface area contributed by atoms with Crippen LogP contribution in [0.3, 0.4) is 0 Å². The summed E-state index contributed by atoms with van der Waals surface area (Å²) in [5.41, 5.74) is 21.1. The molecule has 0 saturated carbocycles. The lowest BCUT2D eigenvalue weighted by atomic mass is 9.79. The Morgan fingerprint density at radius 2 is 0.613 bits per heavy atom. The molecule has 0 aliphatic heterocycles. The largest absolute Gasteiger partial charge is 0.247 e. The summed E-state index contributed by atoms with van der Waals surface area (Å²) in [6, 6.07) is 49.9. The van der Waals surface area contributed by atoms with Crippen LogP contribution in [0.1, 0.15) is 116 Å². The normalized spacial score (nSPS) is 12.7. The minimum atomic E-state index is 0.00249. The van der Waals surface area contributed by atoms with Crippen LogP contribution < -0.4 is 0 Å². The number of hydrogen-bond acceptors (Lipinski definition) is 2. The first kappa shape index (κ1) is 42.8. The van der Waals surface area contributed by atoms with Crippen LogP contribution in [0.25, 0.3) is 77.7 Å². The molecular formula is C60H64N2. The van der Waals surface area contributed by atoms with Crippen LogP contribution in [-0.4, -0.2) is 9.97 Å². The molecule has 0 aliphatic carbocycles. The Bertz CT molecular complexity index is 2710. The summed E-state index contributed by atoms with van der Waals surface area (Å²) in [5.74, 6) is 0.